The fourth-order valence-electron chi connectivity index (χ4n) is 3.52. The van der Waals surface area contributed by atoms with Crippen LogP contribution in [0.1, 0.15) is 10.6 Å². The van der Waals surface area contributed by atoms with Crippen LogP contribution in [0.2, 0.25) is 0 Å². The molecule has 1 aliphatic heterocycles. The quantitative estimate of drug-likeness (QED) is 0.554. The molecule has 3 heterocycles. The van der Waals surface area contributed by atoms with Crippen molar-refractivity contribution in [3.8, 4) is 22.5 Å². The Morgan fingerprint density at radius 1 is 0.929 bits per heavy atom. The second kappa shape index (κ2) is 6.78. The van der Waals surface area contributed by atoms with Gasteiger partial charge in [-0.3, -0.25) is 5.32 Å². The lowest BCUT2D eigenvalue weighted by molar-refractivity contribution is -0.551. The summed E-state index contributed by atoms with van der Waals surface area (Å²) in [6, 6.07) is 23.1. The highest BCUT2D eigenvalue weighted by Crippen LogP contribution is 2.29. The van der Waals surface area contributed by atoms with Gasteiger partial charge in [0.15, 0.2) is 5.69 Å². The summed E-state index contributed by atoms with van der Waals surface area (Å²) in [5.74, 6) is 1.48. The fourth-order valence-corrected chi connectivity index (χ4v) is 3.52. The first kappa shape index (κ1) is 16.4. The maximum absolute atomic E-state index is 13.1. The highest BCUT2D eigenvalue weighted by atomic mass is 16.3. The van der Waals surface area contributed by atoms with Gasteiger partial charge < -0.3 is 4.42 Å². The van der Waals surface area contributed by atoms with Crippen LogP contribution in [-0.2, 0) is 6.42 Å². The van der Waals surface area contributed by atoms with Crippen molar-refractivity contribution in [1.82, 2.24) is 4.98 Å². The topological polar surface area (TPSA) is 59.0 Å². The zero-order valence-corrected chi connectivity index (χ0v) is 15.1. The molecule has 28 heavy (non-hydrogen) atoms. The maximum Gasteiger partial charge on any atom is 0.359 e. The van der Waals surface area contributed by atoms with E-state index in [1.807, 2.05) is 79.0 Å². The summed E-state index contributed by atoms with van der Waals surface area (Å²) < 4.78 is 7.12. The van der Waals surface area contributed by atoms with Crippen molar-refractivity contribution in [2.75, 3.05) is 5.32 Å². The molecule has 136 valence electrons. The summed E-state index contributed by atoms with van der Waals surface area (Å²) in [7, 11) is 0. The molecule has 0 saturated heterocycles. The lowest BCUT2D eigenvalue weighted by Crippen LogP contribution is -2.43. The van der Waals surface area contributed by atoms with E-state index in [1.165, 1.54) is 0 Å². The molecule has 1 unspecified atom stereocenters. The van der Waals surface area contributed by atoms with Gasteiger partial charge in [0.25, 0.3) is 0 Å². The van der Waals surface area contributed by atoms with Crippen LogP contribution in [0.5, 0.6) is 0 Å². The molecule has 1 atom stereocenters. The van der Waals surface area contributed by atoms with Crippen molar-refractivity contribution in [3.63, 3.8) is 0 Å². The molecule has 0 bridgehead atoms. The van der Waals surface area contributed by atoms with Crippen LogP contribution < -0.4 is 9.88 Å². The van der Waals surface area contributed by atoms with Gasteiger partial charge in [0.05, 0.1) is 12.7 Å². The molecule has 0 amide bonds. The van der Waals surface area contributed by atoms with E-state index < -0.39 is 0 Å². The molecule has 0 fully saturated rings. The Kier molecular flexibility index (Phi) is 3.98. The van der Waals surface area contributed by atoms with Crippen molar-refractivity contribution in [2.24, 2.45) is 0 Å². The van der Waals surface area contributed by atoms with E-state index in [0.29, 0.717) is 12.2 Å². The Balaban J connectivity index is 1.63. The Morgan fingerprint density at radius 2 is 1.64 bits per heavy atom. The van der Waals surface area contributed by atoms with Crippen LogP contribution in [0, 0.1) is 0 Å². The molecule has 0 radical (unpaired) electrons. The third-order valence-corrected chi connectivity index (χ3v) is 4.90. The summed E-state index contributed by atoms with van der Waals surface area (Å²) in [6.07, 6.45) is 3.93. The second-order valence-corrected chi connectivity index (χ2v) is 6.74. The average molecular weight is 368 g/mol. The number of anilines is 1. The minimum atomic E-state index is -0.388. The van der Waals surface area contributed by atoms with Crippen molar-refractivity contribution >= 4 is 11.7 Å². The van der Waals surface area contributed by atoms with E-state index in [1.54, 1.807) is 10.8 Å². The van der Waals surface area contributed by atoms with Crippen molar-refractivity contribution < 1.29 is 13.8 Å². The smallest absolute Gasteiger partial charge is 0.359 e. The van der Waals surface area contributed by atoms with Crippen LogP contribution in [0.4, 0.5) is 5.82 Å². The van der Waals surface area contributed by atoms with Crippen LogP contribution in [0.25, 0.3) is 22.5 Å². The highest BCUT2D eigenvalue weighted by Gasteiger charge is 2.41. The average Bonchev–Trinajstić information content (AvgIpc) is 3.37. The van der Waals surface area contributed by atoms with Gasteiger partial charge in [-0.25, -0.2) is 9.78 Å². The number of carbonyl (C=O) groups excluding carboxylic acids is 1. The Labute approximate surface area is 162 Å². The lowest BCUT2D eigenvalue weighted by atomic mass is 10.1. The molecule has 0 aliphatic carbocycles. The van der Waals surface area contributed by atoms with Gasteiger partial charge in [0.1, 0.15) is 17.7 Å². The normalized spacial score (nSPS) is 15.3. The Bertz CT molecular complexity index is 1120. The molecule has 5 heteroatoms. The van der Waals surface area contributed by atoms with Crippen molar-refractivity contribution in [3.05, 3.63) is 91.0 Å². The number of rotatable bonds is 4. The summed E-state index contributed by atoms with van der Waals surface area (Å²) >= 11 is 0. The highest BCUT2D eigenvalue weighted by molar-refractivity contribution is 5.86. The first-order chi connectivity index (χ1) is 13.8. The van der Waals surface area contributed by atoms with E-state index in [9.17, 15) is 4.79 Å². The van der Waals surface area contributed by atoms with Gasteiger partial charge in [-0.05, 0) is 12.1 Å². The van der Waals surface area contributed by atoms with Gasteiger partial charge >= 0.3 is 11.7 Å². The molecule has 2 aromatic carbocycles. The number of furan rings is 1. The van der Waals surface area contributed by atoms with Gasteiger partial charge in [-0.2, -0.15) is 4.57 Å². The molecule has 0 saturated carbocycles. The van der Waals surface area contributed by atoms with Gasteiger partial charge in [-0.15, -0.1) is 0 Å². The van der Waals surface area contributed by atoms with E-state index in [4.69, 9.17) is 9.40 Å². The Hall–Kier alpha value is -3.73. The van der Waals surface area contributed by atoms with Gasteiger partial charge in [0.2, 0.25) is 6.04 Å². The zero-order valence-electron chi connectivity index (χ0n) is 15.1. The summed E-state index contributed by atoms with van der Waals surface area (Å²) in [4.78, 5) is 18.0. The molecule has 0 spiro atoms. The summed E-state index contributed by atoms with van der Waals surface area (Å²) in [5.41, 5.74) is 3.45. The second-order valence-electron chi connectivity index (χ2n) is 6.74. The predicted octanol–water partition coefficient (Wildman–Crippen LogP) is 3.97. The molecular formula is C23H18N3O2+. The summed E-state index contributed by atoms with van der Waals surface area (Å²) in [6.45, 7) is 0. The van der Waals surface area contributed by atoms with E-state index in [2.05, 4.69) is 5.32 Å². The molecule has 1 aliphatic rings. The van der Waals surface area contributed by atoms with E-state index in [0.717, 1.165) is 28.3 Å². The third kappa shape index (κ3) is 2.87. The van der Waals surface area contributed by atoms with Gasteiger partial charge in [-0.1, -0.05) is 60.7 Å². The number of nitrogens with zero attached hydrogens (tertiary/aromatic N) is 2. The SMILES string of the molecule is O=C1C(Cc2ccco2)Nc2c(-c3ccccc3)nc(-c3ccccc3)c[n+]21. The molecule has 2 aromatic heterocycles. The van der Waals surface area contributed by atoms with Crippen LogP contribution in [0.3, 0.4) is 0 Å². The number of hydrogen-bond donors (Lipinski definition) is 1. The van der Waals surface area contributed by atoms with Crippen molar-refractivity contribution in [1.29, 1.82) is 0 Å². The molecule has 1 N–H and O–H groups in total. The number of fused-ring (bicyclic) bond motifs is 1. The number of benzene rings is 2. The van der Waals surface area contributed by atoms with Crippen molar-refractivity contribution in [2.45, 2.75) is 12.5 Å². The third-order valence-electron chi connectivity index (χ3n) is 4.90. The standard InChI is InChI=1S/C23H17N3O2/c27-23-19(14-18-12-7-13-28-18)25-22-21(17-10-5-2-6-11-17)24-20(15-26(22)23)16-8-3-1-4-9-16/h1-13,15,19H,14H2/p+1. The first-order valence-corrected chi connectivity index (χ1v) is 9.20. The molecule has 5 rings (SSSR count). The van der Waals surface area contributed by atoms with E-state index >= 15 is 0 Å². The number of nitrogens with one attached hydrogen (secondary N) is 1. The van der Waals surface area contributed by atoms with Crippen LogP contribution in [0.15, 0.2) is 89.7 Å². The van der Waals surface area contributed by atoms with Crippen LogP contribution in [-0.4, -0.2) is 16.9 Å². The largest absolute Gasteiger partial charge is 0.469 e. The van der Waals surface area contributed by atoms with E-state index in [-0.39, 0.29) is 11.9 Å². The number of aromatic nitrogens is 2. The molecule has 4 aromatic rings. The minimum Gasteiger partial charge on any atom is -0.469 e. The fraction of sp³-hybridized carbons (Fsp3) is 0.0870. The monoisotopic (exact) mass is 368 g/mol. The zero-order chi connectivity index (χ0) is 18.9. The first-order valence-electron chi connectivity index (χ1n) is 9.20. The predicted molar refractivity (Wildman–Crippen MR) is 106 cm³/mol. The maximum atomic E-state index is 13.1. The lowest BCUT2D eigenvalue weighted by Gasteiger charge is -2.06. The number of hydrogen-bond acceptors (Lipinski definition) is 4. The minimum absolute atomic E-state index is 0.0110. The number of carbonyl (C=O) groups is 1. The Morgan fingerprint density at radius 3 is 2.32 bits per heavy atom. The molecular weight excluding hydrogens is 350 g/mol. The van der Waals surface area contributed by atoms with Crippen LogP contribution >= 0.6 is 0 Å². The molecule has 5 nitrogen and oxygen atoms in total. The summed E-state index contributed by atoms with van der Waals surface area (Å²) in [5, 5.41) is 3.36. The van der Waals surface area contributed by atoms with Gasteiger partial charge in [0, 0.05) is 11.1 Å².